The van der Waals surface area contributed by atoms with E-state index in [4.69, 9.17) is 9.47 Å². The van der Waals surface area contributed by atoms with Crippen molar-refractivity contribution in [1.82, 2.24) is 10.6 Å². The molecule has 1 aromatic rings. The molecule has 7 heteroatoms. The Bertz CT molecular complexity index is 620. The quantitative estimate of drug-likeness (QED) is 0.763. The van der Waals surface area contributed by atoms with Crippen LogP contribution in [0.4, 0.5) is 0 Å². The van der Waals surface area contributed by atoms with Gasteiger partial charge in [0.05, 0.1) is 20.8 Å². The van der Waals surface area contributed by atoms with Crippen molar-refractivity contribution < 1.29 is 23.9 Å². The Kier molecular flexibility index (Phi) is 6.76. The molecular weight excluding hydrogens is 312 g/mol. The first-order chi connectivity index (χ1) is 11.2. The summed E-state index contributed by atoms with van der Waals surface area (Å²) in [5.41, 5.74) is 0.450. The van der Waals surface area contributed by atoms with Gasteiger partial charge in [-0.15, -0.1) is 0 Å². The van der Waals surface area contributed by atoms with Gasteiger partial charge in [0.25, 0.3) is 0 Å². The molecule has 1 rings (SSSR count). The molecule has 0 aliphatic rings. The van der Waals surface area contributed by atoms with E-state index in [0.717, 1.165) is 0 Å². The van der Waals surface area contributed by atoms with Gasteiger partial charge in [-0.3, -0.25) is 9.59 Å². The van der Waals surface area contributed by atoms with Crippen LogP contribution in [0.15, 0.2) is 18.2 Å². The topological polar surface area (TPSA) is 93.7 Å². The van der Waals surface area contributed by atoms with Crippen molar-refractivity contribution in [2.24, 2.45) is 5.41 Å². The van der Waals surface area contributed by atoms with Crippen LogP contribution in [0.5, 0.6) is 5.75 Å². The Morgan fingerprint density at radius 2 is 1.75 bits per heavy atom. The predicted molar refractivity (Wildman–Crippen MR) is 88.6 cm³/mol. The van der Waals surface area contributed by atoms with Crippen LogP contribution in [0.2, 0.25) is 0 Å². The van der Waals surface area contributed by atoms with Gasteiger partial charge >= 0.3 is 5.97 Å². The third-order valence-corrected chi connectivity index (χ3v) is 3.25. The first-order valence-electron chi connectivity index (χ1n) is 7.49. The first-order valence-corrected chi connectivity index (χ1v) is 7.49. The SMILES string of the molecule is COC(=O)c1cc(CNC(=O)CNC(=O)C(C)(C)C)ccc1OC. The minimum atomic E-state index is -0.550. The molecule has 0 aliphatic heterocycles. The lowest BCUT2D eigenvalue weighted by Crippen LogP contribution is -2.41. The van der Waals surface area contributed by atoms with Crippen LogP contribution in [0.25, 0.3) is 0 Å². The lowest BCUT2D eigenvalue weighted by molar-refractivity contribution is -0.131. The van der Waals surface area contributed by atoms with Gasteiger partial charge in [-0.2, -0.15) is 0 Å². The molecule has 0 atom stereocenters. The summed E-state index contributed by atoms with van der Waals surface area (Å²) < 4.78 is 9.81. The monoisotopic (exact) mass is 336 g/mol. The molecular formula is C17H24N2O5. The van der Waals surface area contributed by atoms with E-state index in [1.54, 1.807) is 39.0 Å². The van der Waals surface area contributed by atoms with E-state index in [1.165, 1.54) is 14.2 Å². The molecule has 132 valence electrons. The van der Waals surface area contributed by atoms with Crippen LogP contribution >= 0.6 is 0 Å². The van der Waals surface area contributed by atoms with E-state index >= 15 is 0 Å². The van der Waals surface area contributed by atoms with Crippen molar-refractivity contribution in [3.63, 3.8) is 0 Å². The summed E-state index contributed by atoms with van der Waals surface area (Å²) in [6.07, 6.45) is 0. The number of benzene rings is 1. The Labute approximate surface area is 141 Å². The molecule has 0 radical (unpaired) electrons. The van der Waals surface area contributed by atoms with Gasteiger partial charge in [-0.05, 0) is 17.7 Å². The minimum absolute atomic E-state index is 0.101. The number of hydrogen-bond acceptors (Lipinski definition) is 5. The second-order valence-corrected chi connectivity index (χ2v) is 6.24. The fourth-order valence-electron chi connectivity index (χ4n) is 1.82. The molecule has 0 aliphatic carbocycles. The maximum absolute atomic E-state index is 11.8. The number of carbonyl (C=O) groups excluding carboxylic acids is 3. The molecule has 0 unspecified atom stereocenters. The number of hydrogen-bond donors (Lipinski definition) is 2. The maximum atomic E-state index is 11.8. The molecule has 0 saturated heterocycles. The van der Waals surface area contributed by atoms with Crippen LogP contribution < -0.4 is 15.4 Å². The smallest absolute Gasteiger partial charge is 0.341 e. The summed E-state index contributed by atoms with van der Waals surface area (Å²) in [5, 5.41) is 5.25. The fraction of sp³-hybridized carbons (Fsp3) is 0.471. The molecule has 0 fully saturated rings. The summed E-state index contributed by atoms with van der Waals surface area (Å²) in [6.45, 7) is 5.43. The molecule has 1 aromatic carbocycles. The minimum Gasteiger partial charge on any atom is -0.496 e. The van der Waals surface area contributed by atoms with Gasteiger partial charge in [0, 0.05) is 12.0 Å². The maximum Gasteiger partial charge on any atom is 0.341 e. The average Bonchev–Trinajstić information content (AvgIpc) is 2.55. The van der Waals surface area contributed by atoms with Crippen LogP contribution in [0.3, 0.4) is 0 Å². The molecule has 0 spiro atoms. The van der Waals surface area contributed by atoms with Crippen molar-refractivity contribution in [3.05, 3.63) is 29.3 Å². The third-order valence-electron chi connectivity index (χ3n) is 3.25. The number of methoxy groups -OCH3 is 2. The molecule has 0 saturated carbocycles. The van der Waals surface area contributed by atoms with Gasteiger partial charge in [0.2, 0.25) is 11.8 Å². The molecule has 0 bridgehead atoms. The van der Waals surface area contributed by atoms with Gasteiger partial charge in [0.15, 0.2) is 0 Å². The number of ether oxygens (including phenoxy) is 2. The molecule has 7 nitrogen and oxygen atoms in total. The largest absolute Gasteiger partial charge is 0.496 e. The van der Waals surface area contributed by atoms with E-state index in [9.17, 15) is 14.4 Å². The highest BCUT2D eigenvalue weighted by Gasteiger charge is 2.21. The zero-order chi connectivity index (χ0) is 18.3. The number of rotatable bonds is 6. The Morgan fingerprint density at radius 3 is 2.29 bits per heavy atom. The summed E-state index contributed by atoms with van der Waals surface area (Å²) >= 11 is 0. The molecule has 2 amide bonds. The normalized spacial score (nSPS) is 10.7. The van der Waals surface area contributed by atoms with Crippen LogP contribution in [0, 0.1) is 5.41 Å². The predicted octanol–water partition coefficient (Wildman–Crippen LogP) is 1.26. The lowest BCUT2D eigenvalue weighted by atomic mass is 9.96. The van der Waals surface area contributed by atoms with Gasteiger partial charge in [-0.1, -0.05) is 26.8 Å². The van der Waals surface area contributed by atoms with E-state index in [2.05, 4.69) is 10.6 Å². The lowest BCUT2D eigenvalue weighted by Gasteiger charge is -2.17. The van der Waals surface area contributed by atoms with E-state index in [-0.39, 0.29) is 30.5 Å². The zero-order valence-electron chi connectivity index (χ0n) is 14.7. The van der Waals surface area contributed by atoms with Crippen molar-refractivity contribution in [2.75, 3.05) is 20.8 Å². The van der Waals surface area contributed by atoms with Crippen molar-refractivity contribution in [3.8, 4) is 5.75 Å². The van der Waals surface area contributed by atoms with Gasteiger partial charge in [0.1, 0.15) is 11.3 Å². The van der Waals surface area contributed by atoms with E-state index < -0.39 is 11.4 Å². The van der Waals surface area contributed by atoms with E-state index in [1.807, 2.05) is 0 Å². The van der Waals surface area contributed by atoms with Gasteiger partial charge in [-0.25, -0.2) is 4.79 Å². The average molecular weight is 336 g/mol. The summed E-state index contributed by atoms with van der Waals surface area (Å²) in [4.78, 5) is 35.2. The second kappa shape index (κ2) is 8.33. The van der Waals surface area contributed by atoms with Crippen molar-refractivity contribution >= 4 is 17.8 Å². The van der Waals surface area contributed by atoms with Crippen molar-refractivity contribution in [1.29, 1.82) is 0 Å². The number of esters is 1. The van der Waals surface area contributed by atoms with E-state index in [0.29, 0.717) is 11.3 Å². The summed E-state index contributed by atoms with van der Waals surface area (Å²) in [6, 6.07) is 4.97. The summed E-state index contributed by atoms with van der Waals surface area (Å²) in [7, 11) is 2.75. The highest BCUT2D eigenvalue weighted by Crippen LogP contribution is 2.20. The first kappa shape index (κ1) is 19.5. The molecule has 2 N–H and O–H groups in total. The molecule has 24 heavy (non-hydrogen) atoms. The van der Waals surface area contributed by atoms with Crippen LogP contribution in [0.1, 0.15) is 36.7 Å². The number of amides is 2. The third kappa shape index (κ3) is 5.57. The zero-order valence-corrected chi connectivity index (χ0v) is 14.7. The Balaban J connectivity index is 2.63. The molecule has 0 aromatic heterocycles. The number of nitrogens with one attached hydrogen (secondary N) is 2. The highest BCUT2D eigenvalue weighted by molar-refractivity contribution is 5.92. The van der Waals surface area contributed by atoms with Crippen LogP contribution in [-0.4, -0.2) is 38.5 Å². The molecule has 0 heterocycles. The Hall–Kier alpha value is -2.57. The standard InChI is InChI=1S/C17H24N2O5/c1-17(2,3)16(22)19-10-14(20)18-9-11-6-7-13(23-4)12(8-11)15(21)24-5/h6-8H,9-10H2,1-5H3,(H,18,20)(H,19,22). The highest BCUT2D eigenvalue weighted by atomic mass is 16.5. The second-order valence-electron chi connectivity index (χ2n) is 6.24. The van der Waals surface area contributed by atoms with Crippen molar-refractivity contribution in [2.45, 2.75) is 27.3 Å². The van der Waals surface area contributed by atoms with Gasteiger partial charge < -0.3 is 20.1 Å². The fourth-order valence-corrected chi connectivity index (χ4v) is 1.82. The Morgan fingerprint density at radius 1 is 1.08 bits per heavy atom. The number of carbonyl (C=O) groups is 3. The summed E-state index contributed by atoms with van der Waals surface area (Å²) in [5.74, 6) is -0.634. The van der Waals surface area contributed by atoms with Crippen LogP contribution in [-0.2, 0) is 20.9 Å².